The summed E-state index contributed by atoms with van der Waals surface area (Å²) in [7, 11) is 0. The number of halogens is 4. The molecule has 3 atom stereocenters. The fraction of sp³-hybridized carbons (Fsp3) is 0.500. The molecule has 0 unspecified atom stereocenters. The standard InChI is InChI=1S/C26H26ClF3N4O/c1-14-6-4-8-16-9-5-13-33(22(14)16)25(35)21-19(27)24-31-20-17-10-3-2-7-15(17)11-12-18(20)23(26(28,29)30)34(24)32-21/h2-3,7,10,14,16,22H,4-6,8-9,11-13H2,1H3/t14-,16+,22-/m1/s1. The SMILES string of the molecule is C[C@@H]1CCC[C@H]2CCCN(C(=O)c3nn4c(C(F)(F)F)c5c(nc4c3Cl)-c3ccccc3CC5)[C@@H]21. The molecule has 184 valence electrons. The largest absolute Gasteiger partial charge is 0.433 e. The molecule has 3 heterocycles. The number of hydrogen-bond donors (Lipinski definition) is 0. The van der Waals surface area contributed by atoms with E-state index >= 15 is 0 Å². The van der Waals surface area contributed by atoms with E-state index in [4.69, 9.17) is 11.6 Å². The maximum Gasteiger partial charge on any atom is 0.433 e. The van der Waals surface area contributed by atoms with Gasteiger partial charge in [0.15, 0.2) is 17.0 Å². The third kappa shape index (κ3) is 3.55. The highest BCUT2D eigenvalue weighted by Gasteiger charge is 2.44. The zero-order chi connectivity index (χ0) is 24.5. The van der Waals surface area contributed by atoms with E-state index in [2.05, 4.69) is 17.0 Å². The maximum atomic E-state index is 14.4. The van der Waals surface area contributed by atoms with Gasteiger partial charge in [-0.2, -0.15) is 18.3 Å². The molecular weight excluding hydrogens is 477 g/mol. The molecule has 0 radical (unpaired) electrons. The topological polar surface area (TPSA) is 50.5 Å². The van der Waals surface area contributed by atoms with Crippen LogP contribution in [0.25, 0.3) is 16.9 Å². The number of carbonyl (C=O) groups is 1. The first kappa shape index (κ1) is 22.8. The molecule has 5 nitrogen and oxygen atoms in total. The second kappa shape index (κ2) is 8.22. The summed E-state index contributed by atoms with van der Waals surface area (Å²) in [6, 6.07) is 7.42. The van der Waals surface area contributed by atoms with E-state index in [0.717, 1.165) is 42.2 Å². The molecule has 2 fully saturated rings. The average molecular weight is 503 g/mol. The van der Waals surface area contributed by atoms with Crippen molar-refractivity contribution in [2.24, 2.45) is 11.8 Å². The Bertz CT molecular complexity index is 1330. The Morgan fingerprint density at radius 1 is 1.11 bits per heavy atom. The monoisotopic (exact) mass is 502 g/mol. The van der Waals surface area contributed by atoms with Gasteiger partial charge in [-0.15, -0.1) is 0 Å². The predicted molar refractivity (Wildman–Crippen MR) is 126 cm³/mol. The highest BCUT2D eigenvalue weighted by molar-refractivity contribution is 6.36. The number of alkyl halides is 3. The summed E-state index contributed by atoms with van der Waals surface area (Å²) < 4.78 is 44.0. The number of fused-ring (bicyclic) bond motifs is 5. The number of aryl methyl sites for hydroxylation is 1. The van der Waals surface area contributed by atoms with Crippen LogP contribution in [0.3, 0.4) is 0 Å². The Kier molecular flexibility index (Phi) is 5.36. The third-order valence-electron chi connectivity index (χ3n) is 8.09. The van der Waals surface area contributed by atoms with Gasteiger partial charge < -0.3 is 4.90 Å². The van der Waals surface area contributed by atoms with Gasteiger partial charge in [0, 0.05) is 23.7 Å². The number of nitrogens with zero attached hydrogens (tertiary/aromatic N) is 4. The van der Waals surface area contributed by atoms with Crippen LogP contribution in [-0.4, -0.2) is 38.0 Å². The quantitative estimate of drug-likeness (QED) is 0.397. The summed E-state index contributed by atoms with van der Waals surface area (Å²) in [4.78, 5) is 20.1. The molecular formula is C26H26ClF3N4O. The number of hydrogen-bond acceptors (Lipinski definition) is 3. The lowest BCUT2D eigenvalue weighted by Crippen LogP contribution is -2.53. The van der Waals surface area contributed by atoms with E-state index in [-0.39, 0.29) is 40.1 Å². The van der Waals surface area contributed by atoms with Crippen molar-refractivity contribution in [1.82, 2.24) is 19.5 Å². The lowest BCUT2D eigenvalue weighted by Gasteiger charge is -2.47. The zero-order valence-electron chi connectivity index (χ0n) is 19.4. The fourth-order valence-electron chi connectivity index (χ4n) is 6.60. The van der Waals surface area contributed by atoms with Crippen LogP contribution in [0.15, 0.2) is 24.3 Å². The molecule has 3 aliphatic rings. The Balaban J connectivity index is 1.52. The molecule has 1 aromatic carbocycles. The molecule has 3 aromatic rings. The van der Waals surface area contributed by atoms with Gasteiger partial charge in [-0.3, -0.25) is 4.79 Å². The third-order valence-corrected chi connectivity index (χ3v) is 8.44. The van der Waals surface area contributed by atoms with Crippen molar-refractivity contribution in [3.8, 4) is 11.3 Å². The molecule has 0 bridgehead atoms. The Hall–Kier alpha value is -2.61. The first-order chi connectivity index (χ1) is 16.8. The Labute approximate surface area is 206 Å². The smallest absolute Gasteiger partial charge is 0.334 e. The Morgan fingerprint density at radius 2 is 1.89 bits per heavy atom. The maximum absolute atomic E-state index is 14.4. The van der Waals surface area contributed by atoms with Gasteiger partial charge in [0.2, 0.25) is 0 Å². The van der Waals surface area contributed by atoms with Crippen LogP contribution in [0.5, 0.6) is 0 Å². The highest BCUT2D eigenvalue weighted by atomic mass is 35.5. The summed E-state index contributed by atoms with van der Waals surface area (Å²) in [6.07, 6.45) is 1.20. The van der Waals surface area contributed by atoms with Gasteiger partial charge in [-0.25, -0.2) is 9.50 Å². The molecule has 6 rings (SSSR count). The molecule has 1 amide bonds. The van der Waals surface area contributed by atoms with Crippen molar-refractivity contribution in [2.45, 2.75) is 64.1 Å². The van der Waals surface area contributed by atoms with Crippen LogP contribution in [0.2, 0.25) is 5.02 Å². The second-order valence-corrected chi connectivity index (χ2v) is 10.5. The van der Waals surface area contributed by atoms with E-state index < -0.39 is 17.8 Å². The van der Waals surface area contributed by atoms with E-state index in [1.54, 1.807) is 12.1 Å². The molecule has 0 spiro atoms. The van der Waals surface area contributed by atoms with Crippen LogP contribution >= 0.6 is 11.6 Å². The van der Waals surface area contributed by atoms with Crippen LogP contribution in [0.1, 0.15) is 66.3 Å². The average Bonchev–Trinajstić information content (AvgIpc) is 3.17. The van der Waals surface area contributed by atoms with Gasteiger partial charge in [0.25, 0.3) is 5.91 Å². The summed E-state index contributed by atoms with van der Waals surface area (Å²) in [5.41, 5.74) is 0.828. The minimum absolute atomic E-state index is 0.0704. The van der Waals surface area contributed by atoms with Gasteiger partial charge in [0.1, 0.15) is 5.02 Å². The molecule has 0 N–H and O–H groups in total. The molecule has 9 heteroatoms. The minimum Gasteiger partial charge on any atom is -0.334 e. The molecule has 2 aliphatic carbocycles. The predicted octanol–water partition coefficient (Wildman–Crippen LogP) is 6.21. The first-order valence-electron chi connectivity index (χ1n) is 12.3. The fourth-order valence-corrected chi connectivity index (χ4v) is 6.84. The van der Waals surface area contributed by atoms with Crippen molar-refractivity contribution < 1.29 is 18.0 Å². The molecule has 35 heavy (non-hydrogen) atoms. The summed E-state index contributed by atoms with van der Waals surface area (Å²) in [6.45, 7) is 2.72. The van der Waals surface area contributed by atoms with Crippen molar-refractivity contribution in [3.63, 3.8) is 0 Å². The number of carbonyl (C=O) groups excluding carboxylic acids is 1. The Morgan fingerprint density at radius 3 is 2.69 bits per heavy atom. The number of likely N-dealkylation sites (tertiary alicyclic amines) is 1. The van der Waals surface area contributed by atoms with Crippen LogP contribution in [0.4, 0.5) is 13.2 Å². The van der Waals surface area contributed by atoms with Gasteiger partial charge in [0.05, 0.1) is 5.69 Å². The van der Waals surface area contributed by atoms with Crippen LogP contribution in [-0.2, 0) is 19.0 Å². The molecule has 1 aliphatic heterocycles. The summed E-state index contributed by atoms with van der Waals surface area (Å²) in [5, 5.41) is 4.08. The van der Waals surface area contributed by atoms with Crippen molar-refractivity contribution >= 4 is 23.2 Å². The summed E-state index contributed by atoms with van der Waals surface area (Å²) in [5.74, 6) is 0.358. The number of piperidine rings is 1. The van der Waals surface area contributed by atoms with Crippen molar-refractivity contribution in [2.75, 3.05) is 6.54 Å². The lowest BCUT2D eigenvalue weighted by molar-refractivity contribution is -0.143. The van der Waals surface area contributed by atoms with Gasteiger partial charge >= 0.3 is 6.18 Å². The zero-order valence-corrected chi connectivity index (χ0v) is 20.2. The van der Waals surface area contributed by atoms with Crippen molar-refractivity contribution in [3.05, 3.63) is 51.8 Å². The second-order valence-electron chi connectivity index (χ2n) is 10.1. The molecule has 1 saturated carbocycles. The molecule has 2 aromatic heterocycles. The highest BCUT2D eigenvalue weighted by Crippen LogP contribution is 2.43. The van der Waals surface area contributed by atoms with Crippen LogP contribution in [0, 0.1) is 11.8 Å². The normalized spacial score (nSPS) is 24.1. The van der Waals surface area contributed by atoms with E-state index in [1.807, 2.05) is 17.0 Å². The van der Waals surface area contributed by atoms with Crippen molar-refractivity contribution in [1.29, 1.82) is 0 Å². The number of benzene rings is 1. The summed E-state index contributed by atoms with van der Waals surface area (Å²) >= 11 is 6.61. The van der Waals surface area contributed by atoms with E-state index in [1.165, 1.54) is 0 Å². The number of amides is 1. The number of rotatable bonds is 1. The van der Waals surface area contributed by atoms with E-state index in [0.29, 0.717) is 30.4 Å². The van der Waals surface area contributed by atoms with Gasteiger partial charge in [-0.05, 0) is 55.9 Å². The van der Waals surface area contributed by atoms with E-state index in [9.17, 15) is 18.0 Å². The first-order valence-corrected chi connectivity index (χ1v) is 12.7. The minimum atomic E-state index is -4.68. The lowest BCUT2D eigenvalue weighted by atomic mass is 9.73. The van der Waals surface area contributed by atoms with Crippen LogP contribution < -0.4 is 0 Å². The molecule has 1 saturated heterocycles. The van der Waals surface area contributed by atoms with Gasteiger partial charge in [-0.1, -0.05) is 49.2 Å². The number of aromatic nitrogens is 3.